The van der Waals surface area contributed by atoms with Crippen LogP contribution in [0.3, 0.4) is 0 Å². The van der Waals surface area contributed by atoms with Gasteiger partial charge >= 0.3 is 0 Å². The van der Waals surface area contributed by atoms with Crippen LogP contribution >= 0.6 is 0 Å². The van der Waals surface area contributed by atoms with Gasteiger partial charge in [0, 0.05) is 18.0 Å². The fourth-order valence-electron chi connectivity index (χ4n) is 1.68. The van der Waals surface area contributed by atoms with Gasteiger partial charge in [0.2, 0.25) is 0 Å². The number of ketones is 1. The Balaban J connectivity index is 2.44. The number of pyridine rings is 1. The number of hydrogen-bond donors (Lipinski definition) is 0. The van der Waals surface area contributed by atoms with Crippen molar-refractivity contribution in [3.63, 3.8) is 0 Å². The smallest absolute Gasteiger partial charge is 0.178 e. The first-order chi connectivity index (χ1) is 7.58. The van der Waals surface area contributed by atoms with Gasteiger partial charge in [-0.2, -0.15) is 0 Å². The van der Waals surface area contributed by atoms with Gasteiger partial charge in [-0.15, -0.1) is 0 Å². The molecule has 3 nitrogen and oxygen atoms in total. The van der Waals surface area contributed by atoms with E-state index in [1.807, 2.05) is 14.1 Å². The molecule has 0 unspecified atom stereocenters. The van der Waals surface area contributed by atoms with E-state index in [2.05, 4.69) is 0 Å². The molecule has 0 atom stereocenters. The molecule has 2 aromatic rings. The monoisotopic (exact) mass is 220 g/mol. The highest BCUT2D eigenvalue weighted by Gasteiger charge is 2.12. The molecule has 0 amide bonds. The van der Waals surface area contributed by atoms with Crippen molar-refractivity contribution in [2.45, 2.75) is 0 Å². The summed E-state index contributed by atoms with van der Waals surface area (Å²) in [5.74, 6) is -0.330. The van der Waals surface area contributed by atoms with Crippen LogP contribution in [0.1, 0.15) is 10.4 Å². The molecule has 0 aliphatic rings. The zero-order valence-electron chi connectivity index (χ0n) is 9.27. The minimum absolute atomic E-state index is 0.00176. The van der Waals surface area contributed by atoms with E-state index in [0.717, 1.165) is 0 Å². The van der Waals surface area contributed by atoms with Crippen molar-refractivity contribution in [2.75, 3.05) is 20.6 Å². The first-order valence-electron chi connectivity index (χ1n) is 5.02. The van der Waals surface area contributed by atoms with Crippen molar-refractivity contribution in [1.82, 2.24) is 9.30 Å². The maximum Gasteiger partial charge on any atom is 0.178 e. The lowest BCUT2D eigenvalue weighted by Gasteiger charge is -2.07. The molecule has 2 rings (SSSR count). The fourth-order valence-corrected chi connectivity index (χ4v) is 1.68. The Morgan fingerprint density at radius 1 is 1.38 bits per heavy atom. The fraction of sp³-hybridized carbons (Fsp3) is 0.250. The molecule has 0 aliphatic carbocycles. The van der Waals surface area contributed by atoms with E-state index in [1.165, 1.54) is 12.1 Å². The third kappa shape index (κ3) is 1.97. The van der Waals surface area contributed by atoms with E-state index < -0.39 is 0 Å². The first-order valence-corrected chi connectivity index (χ1v) is 5.02. The molecule has 0 N–H and O–H groups in total. The summed E-state index contributed by atoms with van der Waals surface area (Å²) < 4.78 is 14.8. The topological polar surface area (TPSA) is 24.7 Å². The Morgan fingerprint density at radius 3 is 2.75 bits per heavy atom. The van der Waals surface area contributed by atoms with Gasteiger partial charge in [-0.1, -0.05) is 0 Å². The van der Waals surface area contributed by atoms with E-state index in [1.54, 1.807) is 27.8 Å². The maximum atomic E-state index is 13.1. The molecular weight excluding hydrogens is 207 g/mol. The van der Waals surface area contributed by atoms with Gasteiger partial charge in [0.15, 0.2) is 5.78 Å². The van der Waals surface area contributed by atoms with E-state index in [9.17, 15) is 9.18 Å². The van der Waals surface area contributed by atoms with E-state index in [0.29, 0.717) is 17.6 Å². The Hall–Kier alpha value is -1.68. The molecule has 2 heterocycles. The summed E-state index contributed by atoms with van der Waals surface area (Å²) in [4.78, 5) is 13.7. The van der Waals surface area contributed by atoms with Crippen molar-refractivity contribution >= 4 is 11.3 Å². The summed E-state index contributed by atoms with van der Waals surface area (Å²) in [6.07, 6.45) is 3.37. The molecule has 0 aromatic carbocycles. The van der Waals surface area contributed by atoms with E-state index in [4.69, 9.17) is 0 Å². The van der Waals surface area contributed by atoms with Crippen LogP contribution in [0.2, 0.25) is 0 Å². The van der Waals surface area contributed by atoms with E-state index >= 15 is 0 Å². The molecular formula is C12H13FN2O. The van der Waals surface area contributed by atoms with Crippen molar-refractivity contribution in [2.24, 2.45) is 0 Å². The van der Waals surface area contributed by atoms with Crippen molar-refractivity contribution in [1.29, 1.82) is 0 Å². The molecule has 0 fully saturated rings. The molecule has 0 aliphatic heterocycles. The Labute approximate surface area is 93.1 Å². The lowest BCUT2D eigenvalue weighted by Crippen LogP contribution is -2.21. The highest BCUT2D eigenvalue weighted by atomic mass is 19.1. The Bertz CT molecular complexity index is 531. The van der Waals surface area contributed by atoms with Gasteiger partial charge in [0.1, 0.15) is 5.82 Å². The van der Waals surface area contributed by atoms with Crippen LogP contribution in [0.5, 0.6) is 0 Å². The van der Waals surface area contributed by atoms with Crippen LogP contribution in [0.25, 0.3) is 5.52 Å². The van der Waals surface area contributed by atoms with Crippen molar-refractivity contribution in [3.05, 3.63) is 42.0 Å². The number of halogens is 1. The summed E-state index contributed by atoms with van der Waals surface area (Å²) >= 11 is 0. The molecule has 0 saturated heterocycles. The number of rotatable bonds is 3. The number of carbonyl (C=O) groups is 1. The zero-order valence-corrected chi connectivity index (χ0v) is 9.27. The minimum Gasteiger partial charge on any atom is -0.323 e. The molecule has 2 aromatic heterocycles. The molecule has 4 heteroatoms. The van der Waals surface area contributed by atoms with Crippen molar-refractivity contribution < 1.29 is 9.18 Å². The van der Waals surface area contributed by atoms with Crippen LogP contribution in [-0.2, 0) is 0 Å². The average Bonchev–Trinajstić information content (AvgIpc) is 2.59. The van der Waals surface area contributed by atoms with E-state index in [-0.39, 0.29) is 11.6 Å². The molecule has 0 saturated carbocycles. The molecule has 16 heavy (non-hydrogen) atoms. The number of carbonyl (C=O) groups excluding carboxylic acids is 1. The number of fused-ring (bicyclic) bond motifs is 1. The maximum absolute atomic E-state index is 13.1. The average molecular weight is 220 g/mol. The van der Waals surface area contributed by atoms with Gasteiger partial charge in [-0.25, -0.2) is 4.39 Å². The van der Waals surface area contributed by atoms with Gasteiger partial charge in [-0.05, 0) is 32.3 Å². The number of Topliss-reactive ketones (excluding diaryl/α,β-unsaturated/α-hetero) is 1. The van der Waals surface area contributed by atoms with Gasteiger partial charge in [0.25, 0.3) is 0 Å². The predicted molar refractivity (Wildman–Crippen MR) is 60.2 cm³/mol. The van der Waals surface area contributed by atoms with Crippen LogP contribution in [0, 0.1) is 5.82 Å². The molecule has 0 bridgehead atoms. The predicted octanol–water partition coefficient (Wildman–Crippen LogP) is 1.82. The summed E-state index contributed by atoms with van der Waals surface area (Å²) in [7, 11) is 3.66. The second-order valence-corrected chi connectivity index (χ2v) is 4.03. The zero-order chi connectivity index (χ0) is 11.7. The highest BCUT2D eigenvalue weighted by Crippen LogP contribution is 2.14. The lowest BCUT2D eigenvalue weighted by atomic mass is 10.1. The summed E-state index contributed by atoms with van der Waals surface area (Å²) in [6.45, 7) is 0.330. The highest BCUT2D eigenvalue weighted by molar-refractivity contribution is 6.03. The van der Waals surface area contributed by atoms with Crippen molar-refractivity contribution in [3.8, 4) is 0 Å². The van der Waals surface area contributed by atoms with Crippen LogP contribution in [0.4, 0.5) is 4.39 Å². The van der Waals surface area contributed by atoms with Gasteiger partial charge in [-0.3, -0.25) is 4.79 Å². The van der Waals surface area contributed by atoms with Crippen LogP contribution in [-0.4, -0.2) is 35.7 Å². The number of aromatic nitrogens is 1. The molecule has 84 valence electrons. The molecule has 0 spiro atoms. The normalized spacial score (nSPS) is 11.2. The number of hydrogen-bond acceptors (Lipinski definition) is 2. The third-order valence-corrected chi connectivity index (χ3v) is 2.39. The number of likely N-dealkylation sites (N-methyl/N-ethyl adjacent to an activating group) is 1. The summed E-state index contributed by atoms with van der Waals surface area (Å²) in [5.41, 5.74) is 1.18. The van der Waals surface area contributed by atoms with Crippen LogP contribution in [0.15, 0.2) is 30.6 Å². The third-order valence-electron chi connectivity index (χ3n) is 2.39. The standard InChI is InChI=1S/C12H13FN2O/c1-14(2)8-12(16)10-4-6-15-5-3-9(13)7-11(10)15/h3-7H,8H2,1-2H3. The lowest BCUT2D eigenvalue weighted by molar-refractivity contribution is 0.0959. The largest absolute Gasteiger partial charge is 0.323 e. The first kappa shape index (κ1) is 10.8. The SMILES string of the molecule is CN(C)CC(=O)c1ccn2ccc(F)cc12. The Kier molecular flexibility index (Phi) is 2.75. The second kappa shape index (κ2) is 4.06. The molecule has 0 radical (unpaired) electrons. The quantitative estimate of drug-likeness (QED) is 0.737. The minimum atomic E-state index is -0.329. The number of nitrogens with zero attached hydrogens (tertiary/aromatic N) is 2. The summed E-state index contributed by atoms with van der Waals surface area (Å²) in [5, 5.41) is 0. The van der Waals surface area contributed by atoms with Crippen LogP contribution < -0.4 is 0 Å². The summed E-state index contributed by atoms with van der Waals surface area (Å²) in [6, 6.07) is 4.47. The Morgan fingerprint density at radius 2 is 2.06 bits per heavy atom. The van der Waals surface area contributed by atoms with Gasteiger partial charge in [0.05, 0.1) is 12.1 Å². The second-order valence-electron chi connectivity index (χ2n) is 4.03. The van der Waals surface area contributed by atoms with Gasteiger partial charge < -0.3 is 9.30 Å².